The second-order valence-electron chi connectivity index (χ2n) is 4.03. The van der Waals surface area contributed by atoms with Crippen LogP contribution in [-0.2, 0) is 0 Å². The zero-order valence-corrected chi connectivity index (χ0v) is 10.9. The second-order valence-corrected chi connectivity index (χ2v) is 4.95. The third kappa shape index (κ3) is 1.97. The normalized spacial score (nSPS) is 11.0. The predicted molar refractivity (Wildman–Crippen MR) is 69.8 cm³/mol. The fraction of sp³-hybridized carbons (Fsp3) is 0.250. The number of nitrogens with zero attached hydrogens (tertiary/aromatic N) is 2. The van der Waals surface area contributed by atoms with Gasteiger partial charge >= 0.3 is 0 Å². The maximum absolute atomic E-state index is 6.07. The van der Waals surface area contributed by atoms with Crippen LogP contribution in [-0.4, -0.2) is 9.78 Å². The van der Waals surface area contributed by atoms with Crippen molar-refractivity contribution in [1.29, 1.82) is 0 Å². The van der Waals surface area contributed by atoms with Gasteiger partial charge in [0.05, 0.1) is 11.9 Å². The Balaban J connectivity index is 2.49. The molecule has 0 bridgehead atoms. The minimum absolute atomic E-state index is 0.390. The molecule has 1 heterocycles. The van der Waals surface area contributed by atoms with Crippen LogP contribution in [0.15, 0.2) is 34.9 Å². The molecule has 0 unspecified atom stereocenters. The largest absolute Gasteiger partial charge is 0.383 e. The van der Waals surface area contributed by atoms with Crippen molar-refractivity contribution in [3.63, 3.8) is 0 Å². The van der Waals surface area contributed by atoms with Crippen molar-refractivity contribution in [3.05, 3.63) is 40.5 Å². The highest BCUT2D eigenvalue weighted by molar-refractivity contribution is 9.10. The average Bonchev–Trinajstić information content (AvgIpc) is 2.60. The summed E-state index contributed by atoms with van der Waals surface area (Å²) < 4.78 is 2.78. The van der Waals surface area contributed by atoms with E-state index in [1.807, 2.05) is 30.5 Å². The molecule has 0 spiro atoms. The molecule has 0 aliphatic heterocycles. The first-order valence-electron chi connectivity index (χ1n) is 5.19. The lowest BCUT2D eigenvalue weighted by atomic mass is 10.1. The van der Waals surface area contributed by atoms with Crippen LogP contribution in [0, 0.1) is 0 Å². The Labute approximate surface area is 103 Å². The summed E-state index contributed by atoms with van der Waals surface area (Å²) in [5, 5.41) is 4.32. The number of hydrogen-bond donors (Lipinski definition) is 1. The van der Waals surface area contributed by atoms with E-state index in [1.165, 1.54) is 0 Å². The minimum Gasteiger partial charge on any atom is -0.383 e. The van der Waals surface area contributed by atoms with Gasteiger partial charge in [-0.25, -0.2) is 4.68 Å². The topological polar surface area (TPSA) is 43.8 Å². The van der Waals surface area contributed by atoms with E-state index in [-0.39, 0.29) is 0 Å². The highest BCUT2D eigenvalue weighted by Crippen LogP contribution is 2.24. The monoisotopic (exact) mass is 279 g/mol. The van der Waals surface area contributed by atoms with Crippen molar-refractivity contribution in [2.24, 2.45) is 0 Å². The molecule has 0 saturated carbocycles. The van der Waals surface area contributed by atoms with Gasteiger partial charge in [-0.1, -0.05) is 35.8 Å². The van der Waals surface area contributed by atoms with Gasteiger partial charge in [0.25, 0.3) is 0 Å². The van der Waals surface area contributed by atoms with Crippen LogP contribution in [0.1, 0.15) is 25.3 Å². The molecule has 16 heavy (non-hydrogen) atoms. The molecule has 0 atom stereocenters. The average molecular weight is 280 g/mol. The van der Waals surface area contributed by atoms with Crippen LogP contribution < -0.4 is 5.73 Å². The molecular weight excluding hydrogens is 266 g/mol. The molecule has 1 aromatic carbocycles. The molecule has 0 amide bonds. The number of nitrogens with two attached hydrogens (primary N) is 1. The number of hydrogen-bond acceptors (Lipinski definition) is 2. The van der Waals surface area contributed by atoms with Gasteiger partial charge in [0.2, 0.25) is 0 Å². The Morgan fingerprint density at radius 1 is 1.38 bits per heavy atom. The summed E-state index contributed by atoms with van der Waals surface area (Å²) in [5.41, 5.74) is 8.13. The van der Waals surface area contributed by atoms with Gasteiger partial charge in [-0.3, -0.25) is 0 Å². The number of anilines is 1. The van der Waals surface area contributed by atoms with Crippen LogP contribution in [0.4, 0.5) is 5.82 Å². The fourth-order valence-corrected chi connectivity index (χ4v) is 2.02. The summed E-state index contributed by atoms with van der Waals surface area (Å²) in [4.78, 5) is 0. The van der Waals surface area contributed by atoms with Gasteiger partial charge in [-0.2, -0.15) is 5.10 Å². The number of nitrogen functional groups attached to an aromatic ring is 1. The Morgan fingerprint density at radius 2 is 2.12 bits per heavy atom. The summed E-state index contributed by atoms with van der Waals surface area (Å²) in [6, 6.07) is 7.92. The van der Waals surface area contributed by atoms with Crippen molar-refractivity contribution in [1.82, 2.24) is 9.78 Å². The van der Waals surface area contributed by atoms with Gasteiger partial charge in [0.15, 0.2) is 0 Å². The summed E-state index contributed by atoms with van der Waals surface area (Å²) >= 11 is 3.44. The third-order valence-corrected chi connectivity index (χ3v) is 3.00. The molecule has 2 N–H and O–H groups in total. The zero-order chi connectivity index (χ0) is 11.7. The quantitative estimate of drug-likeness (QED) is 0.916. The molecule has 0 radical (unpaired) electrons. The molecule has 0 fully saturated rings. The highest BCUT2D eigenvalue weighted by atomic mass is 79.9. The van der Waals surface area contributed by atoms with Gasteiger partial charge in [0, 0.05) is 10.0 Å². The first-order chi connectivity index (χ1) is 7.59. The second kappa shape index (κ2) is 4.29. The standard InChI is InChI=1S/C12H14BrN3/c1-8(2)11-7-15-16(12(11)14)10-5-3-4-9(13)6-10/h3-8H,14H2,1-2H3. The number of halogens is 1. The lowest BCUT2D eigenvalue weighted by molar-refractivity contribution is 0.867. The summed E-state index contributed by atoms with van der Waals surface area (Å²) in [6.45, 7) is 4.22. The Morgan fingerprint density at radius 3 is 2.69 bits per heavy atom. The molecule has 1 aromatic heterocycles. The highest BCUT2D eigenvalue weighted by Gasteiger charge is 2.11. The van der Waals surface area contributed by atoms with E-state index in [0.29, 0.717) is 11.7 Å². The molecule has 84 valence electrons. The summed E-state index contributed by atoms with van der Waals surface area (Å²) in [6.07, 6.45) is 1.83. The number of aromatic nitrogens is 2. The van der Waals surface area contributed by atoms with Crippen molar-refractivity contribution in [3.8, 4) is 5.69 Å². The molecule has 0 aliphatic rings. The Hall–Kier alpha value is -1.29. The van der Waals surface area contributed by atoms with Crippen molar-refractivity contribution < 1.29 is 0 Å². The van der Waals surface area contributed by atoms with E-state index in [4.69, 9.17) is 5.73 Å². The van der Waals surface area contributed by atoms with Crippen molar-refractivity contribution in [2.75, 3.05) is 5.73 Å². The van der Waals surface area contributed by atoms with Gasteiger partial charge in [-0.05, 0) is 24.1 Å². The summed E-state index contributed by atoms with van der Waals surface area (Å²) in [5.74, 6) is 1.11. The molecule has 4 heteroatoms. The maximum atomic E-state index is 6.07. The zero-order valence-electron chi connectivity index (χ0n) is 9.31. The van der Waals surface area contributed by atoms with Gasteiger partial charge in [-0.15, -0.1) is 0 Å². The van der Waals surface area contributed by atoms with Crippen LogP contribution in [0.5, 0.6) is 0 Å². The Kier molecular flexibility index (Phi) is 3.01. The van der Waals surface area contributed by atoms with Gasteiger partial charge in [0.1, 0.15) is 5.82 Å². The van der Waals surface area contributed by atoms with Crippen LogP contribution in [0.2, 0.25) is 0 Å². The van der Waals surface area contributed by atoms with E-state index in [9.17, 15) is 0 Å². The Bertz CT molecular complexity index is 503. The molecule has 0 saturated heterocycles. The summed E-state index contributed by atoms with van der Waals surface area (Å²) in [7, 11) is 0. The van der Waals surface area contributed by atoms with Gasteiger partial charge < -0.3 is 5.73 Å². The minimum atomic E-state index is 0.390. The molecular formula is C12H14BrN3. The first-order valence-corrected chi connectivity index (χ1v) is 5.98. The molecule has 3 nitrogen and oxygen atoms in total. The molecule has 2 rings (SSSR count). The number of rotatable bonds is 2. The maximum Gasteiger partial charge on any atom is 0.130 e. The smallest absolute Gasteiger partial charge is 0.130 e. The van der Waals surface area contributed by atoms with E-state index < -0.39 is 0 Å². The molecule has 2 aromatic rings. The van der Waals surface area contributed by atoms with Crippen molar-refractivity contribution in [2.45, 2.75) is 19.8 Å². The first kappa shape index (κ1) is 11.2. The lowest BCUT2D eigenvalue weighted by Gasteiger charge is -2.07. The fourth-order valence-electron chi connectivity index (χ4n) is 1.63. The number of benzene rings is 1. The van der Waals surface area contributed by atoms with E-state index in [1.54, 1.807) is 4.68 Å². The molecule has 0 aliphatic carbocycles. The predicted octanol–water partition coefficient (Wildman–Crippen LogP) is 3.34. The van der Waals surface area contributed by atoms with E-state index >= 15 is 0 Å². The third-order valence-electron chi connectivity index (χ3n) is 2.51. The van der Waals surface area contributed by atoms with Crippen LogP contribution >= 0.6 is 15.9 Å². The van der Waals surface area contributed by atoms with Crippen molar-refractivity contribution >= 4 is 21.7 Å². The van der Waals surface area contributed by atoms with E-state index in [0.717, 1.165) is 15.7 Å². The SMILES string of the molecule is CC(C)c1cnn(-c2cccc(Br)c2)c1N. The van der Waals surface area contributed by atoms with Crippen LogP contribution in [0.3, 0.4) is 0 Å². The van der Waals surface area contributed by atoms with E-state index in [2.05, 4.69) is 34.9 Å². The van der Waals surface area contributed by atoms with Crippen LogP contribution in [0.25, 0.3) is 5.69 Å². The lowest BCUT2D eigenvalue weighted by Crippen LogP contribution is -2.03.